The van der Waals surface area contributed by atoms with Crippen molar-refractivity contribution in [2.45, 2.75) is 51.9 Å². The van der Waals surface area contributed by atoms with Crippen LogP contribution in [0.3, 0.4) is 0 Å². The van der Waals surface area contributed by atoms with Crippen LogP contribution in [0.5, 0.6) is 0 Å². The molecule has 6 heteroatoms. The van der Waals surface area contributed by atoms with Gasteiger partial charge in [-0.3, -0.25) is 9.69 Å². The van der Waals surface area contributed by atoms with E-state index in [-0.39, 0.29) is 5.91 Å². The number of anilines is 1. The smallest absolute Gasteiger partial charge is 0.293 e. The SMILES string of the molecule is CCCCC(=O)N1CCN(c2[nH+]c(-c3ccco3)c3c(c2C#N)CCCC3)CC1. The van der Waals surface area contributed by atoms with Gasteiger partial charge in [-0.05, 0) is 49.8 Å². The third-order valence-electron chi connectivity index (χ3n) is 6.12. The van der Waals surface area contributed by atoms with Crippen molar-refractivity contribution in [3.05, 3.63) is 35.1 Å². The van der Waals surface area contributed by atoms with Crippen LogP contribution >= 0.6 is 0 Å². The van der Waals surface area contributed by atoms with E-state index in [1.165, 1.54) is 11.1 Å². The number of aromatic amines is 1. The van der Waals surface area contributed by atoms with E-state index in [4.69, 9.17) is 4.42 Å². The average Bonchev–Trinajstić information content (AvgIpc) is 3.31. The molecule has 0 unspecified atom stereocenters. The lowest BCUT2D eigenvalue weighted by Crippen LogP contribution is -2.50. The van der Waals surface area contributed by atoms with Crippen molar-refractivity contribution >= 4 is 11.7 Å². The summed E-state index contributed by atoms with van der Waals surface area (Å²) in [5.74, 6) is 1.94. The number of furan rings is 1. The molecule has 1 aliphatic heterocycles. The zero-order chi connectivity index (χ0) is 20.2. The Kier molecular flexibility index (Phi) is 5.84. The van der Waals surface area contributed by atoms with Crippen LogP contribution in [0.15, 0.2) is 22.8 Å². The lowest BCUT2D eigenvalue weighted by atomic mass is 9.87. The first kappa shape index (κ1) is 19.5. The number of rotatable bonds is 5. The van der Waals surface area contributed by atoms with E-state index in [9.17, 15) is 10.1 Å². The molecule has 3 heterocycles. The molecule has 0 atom stereocenters. The first-order valence-electron chi connectivity index (χ1n) is 10.8. The van der Waals surface area contributed by atoms with Gasteiger partial charge in [-0.2, -0.15) is 5.26 Å². The fraction of sp³-hybridized carbons (Fsp3) is 0.522. The summed E-state index contributed by atoms with van der Waals surface area (Å²) in [6.07, 6.45) is 8.46. The monoisotopic (exact) mass is 393 g/mol. The number of pyridine rings is 1. The van der Waals surface area contributed by atoms with E-state index >= 15 is 0 Å². The van der Waals surface area contributed by atoms with Crippen LogP contribution in [0.25, 0.3) is 11.5 Å². The van der Waals surface area contributed by atoms with Gasteiger partial charge in [0.2, 0.25) is 5.91 Å². The summed E-state index contributed by atoms with van der Waals surface area (Å²) in [5.41, 5.74) is 4.15. The number of hydrogen-bond donors (Lipinski definition) is 0. The van der Waals surface area contributed by atoms with Crippen LogP contribution in [0.4, 0.5) is 5.82 Å². The second-order valence-corrected chi connectivity index (χ2v) is 7.95. The zero-order valence-electron chi connectivity index (χ0n) is 17.2. The Bertz CT molecular complexity index is 906. The van der Waals surface area contributed by atoms with Crippen LogP contribution in [0.2, 0.25) is 0 Å². The number of carbonyl (C=O) groups excluding carboxylic acids is 1. The number of aromatic nitrogens is 1. The minimum absolute atomic E-state index is 0.248. The van der Waals surface area contributed by atoms with Gasteiger partial charge in [0.15, 0.2) is 11.5 Å². The largest absolute Gasteiger partial charge is 0.461 e. The van der Waals surface area contributed by atoms with Gasteiger partial charge in [0.1, 0.15) is 24.7 Å². The zero-order valence-corrected chi connectivity index (χ0v) is 17.2. The highest BCUT2D eigenvalue weighted by molar-refractivity contribution is 5.76. The third-order valence-corrected chi connectivity index (χ3v) is 6.12. The van der Waals surface area contributed by atoms with Gasteiger partial charge in [-0.1, -0.05) is 13.3 Å². The number of amides is 1. The molecule has 2 aromatic heterocycles. The number of unbranched alkanes of at least 4 members (excludes halogenated alkanes) is 1. The van der Waals surface area contributed by atoms with Crippen LogP contribution in [-0.2, 0) is 17.6 Å². The van der Waals surface area contributed by atoms with Gasteiger partial charge >= 0.3 is 0 Å². The molecule has 0 spiro atoms. The molecule has 2 aliphatic rings. The van der Waals surface area contributed by atoms with Gasteiger partial charge < -0.3 is 9.32 Å². The molecule has 0 radical (unpaired) electrons. The van der Waals surface area contributed by atoms with E-state index in [1.54, 1.807) is 6.26 Å². The lowest BCUT2D eigenvalue weighted by molar-refractivity contribution is -0.353. The number of H-pyrrole nitrogens is 1. The number of piperazine rings is 1. The van der Waals surface area contributed by atoms with Crippen molar-refractivity contribution in [1.29, 1.82) is 5.26 Å². The number of nitrogens with zero attached hydrogens (tertiary/aromatic N) is 3. The first-order chi connectivity index (χ1) is 14.2. The normalized spacial score (nSPS) is 16.4. The van der Waals surface area contributed by atoms with E-state index in [0.717, 1.165) is 74.4 Å². The van der Waals surface area contributed by atoms with Crippen molar-refractivity contribution < 1.29 is 14.2 Å². The summed E-state index contributed by atoms with van der Waals surface area (Å²) in [6.45, 7) is 4.98. The molecule has 1 aliphatic carbocycles. The predicted molar refractivity (Wildman–Crippen MR) is 110 cm³/mol. The van der Waals surface area contributed by atoms with Crippen molar-refractivity contribution in [3.63, 3.8) is 0 Å². The number of carbonyl (C=O) groups is 1. The molecular weight excluding hydrogens is 364 g/mol. The molecule has 29 heavy (non-hydrogen) atoms. The molecule has 1 N–H and O–H groups in total. The summed E-state index contributed by atoms with van der Waals surface area (Å²) in [6, 6.07) is 6.34. The van der Waals surface area contributed by atoms with E-state index < -0.39 is 0 Å². The highest BCUT2D eigenvalue weighted by atomic mass is 16.3. The Morgan fingerprint density at radius 2 is 1.97 bits per heavy atom. The Morgan fingerprint density at radius 1 is 1.21 bits per heavy atom. The fourth-order valence-electron chi connectivity index (χ4n) is 4.51. The molecule has 152 valence electrons. The first-order valence-corrected chi connectivity index (χ1v) is 10.8. The summed E-state index contributed by atoms with van der Waals surface area (Å²) < 4.78 is 5.70. The Labute approximate surface area is 172 Å². The van der Waals surface area contributed by atoms with Crippen molar-refractivity contribution in [2.75, 3.05) is 31.1 Å². The summed E-state index contributed by atoms with van der Waals surface area (Å²) in [5, 5.41) is 9.98. The number of hydrogen-bond acceptors (Lipinski definition) is 4. The third kappa shape index (κ3) is 3.87. The van der Waals surface area contributed by atoms with Gasteiger partial charge in [-0.25, -0.2) is 4.98 Å². The van der Waals surface area contributed by atoms with Crippen molar-refractivity contribution in [2.24, 2.45) is 0 Å². The van der Waals surface area contributed by atoms with E-state index in [1.807, 2.05) is 17.0 Å². The van der Waals surface area contributed by atoms with Crippen LogP contribution < -0.4 is 9.88 Å². The van der Waals surface area contributed by atoms with Crippen LogP contribution in [0.1, 0.15) is 55.7 Å². The van der Waals surface area contributed by atoms with Gasteiger partial charge in [0.25, 0.3) is 5.82 Å². The molecule has 0 aromatic carbocycles. The summed E-state index contributed by atoms with van der Waals surface area (Å²) in [7, 11) is 0. The molecule has 0 bridgehead atoms. The second-order valence-electron chi connectivity index (χ2n) is 7.95. The average molecular weight is 394 g/mol. The second kappa shape index (κ2) is 8.69. The topological polar surface area (TPSA) is 74.6 Å². The van der Waals surface area contributed by atoms with Gasteiger partial charge in [0.05, 0.1) is 19.4 Å². The highest BCUT2D eigenvalue weighted by Crippen LogP contribution is 2.34. The number of fused-ring (bicyclic) bond motifs is 1. The predicted octanol–water partition coefficient (Wildman–Crippen LogP) is 3.35. The highest BCUT2D eigenvalue weighted by Gasteiger charge is 2.33. The van der Waals surface area contributed by atoms with Crippen LogP contribution in [0, 0.1) is 11.3 Å². The standard InChI is InChI=1S/C23H28N4O2/c1-2-3-10-21(28)26-11-13-27(14-12-26)23-19(16-24)17-7-4-5-8-18(17)22(25-23)20-9-6-15-29-20/h6,9,15H,2-5,7-8,10-14H2,1H3/p+1. The van der Waals surface area contributed by atoms with Gasteiger partial charge in [0, 0.05) is 12.0 Å². The van der Waals surface area contributed by atoms with Crippen molar-refractivity contribution in [3.8, 4) is 17.5 Å². The molecule has 1 fully saturated rings. The Morgan fingerprint density at radius 3 is 2.62 bits per heavy atom. The number of nitriles is 1. The Hall–Kier alpha value is -2.81. The molecule has 1 saturated heterocycles. The number of nitrogens with one attached hydrogen (secondary N) is 1. The molecule has 6 nitrogen and oxygen atoms in total. The Balaban J connectivity index is 1.63. The summed E-state index contributed by atoms with van der Waals surface area (Å²) in [4.78, 5) is 20.1. The van der Waals surface area contributed by atoms with Crippen LogP contribution in [-0.4, -0.2) is 37.0 Å². The molecule has 2 aromatic rings. The van der Waals surface area contributed by atoms with Gasteiger partial charge in [-0.15, -0.1) is 0 Å². The molecule has 1 amide bonds. The van der Waals surface area contributed by atoms with Crippen molar-refractivity contribution in [1.82, 2.24) is 4.90 Å². The maximum atomic E-state index is 12.4. The quantitative estimate of drug-likeness (QED) is 0.781. The minimum Gasteiger partial charge on any atom is -0.461 e. The molecule has 0 saturated carbocycles. The maximum absolute atomic E-state index is 12.4. The fourth-order valence-corrected chi connectivity index (χ4v) is 4.51. The summed E-state index contributed by atoms with van der Waals surface area (Å²) >= 11 is 0. The minimum atomic E-state index is 0.248. The lowest BCUT2D eigenvalue weighted by Gasteiger charge is -2.32. The molecule has 4 rings (SSSR count). The molecular formula is C23H29N4O2+. The maximum Gasteiger partial charge on any atom is 0.293 e. The van der Waals surface area contributed by atoms with E-state index in [2.05, 4.69) is 22.9 Å². The van der Waals surface area contributed by atoms with E-state index in [0.29, 0.717) is 19.5 Å².